The molecule has 20 heavy (non-hydrogen) atoms. The first-order chi connectivity index (χ1) is 9.90. The number of nitrogens with zero attached hydrogens (tertiary/aromatic N) is 4. The molecule has 0 N–H and O–H groups in total. The summed E-state index contributed by atoms with van der Waals surface area (Å²) < 4.78 is 0. The molecule has 4 nitrogen and oxygen atoms in total. The van der Waals surface area contributed by atoms with Crippen LogP contribution in [0.1, 0.15) is 11.1 Å². The molecule has 0 fully saturated rings. The number of aliphatic imine (C=N–C) groups is 2. The molecule has 98 valence electrons. The Morgan fingerprint density at radius 2 is 1.20 bits per heavy atom. The summed E-state index contributed by atoms with van der Waals surface area (Å²) in [5, 5.41) is 5.34. The molecule has 6 heteroatoms. The van der Waals surface area contributed by atoms with Gasteiger partial charge in [0.25, 0.3) is 0 Å². The Labute approximate surface area is 124 Å². The van der Waals surface area contributed by atoms with E-state index in [1.807, 2.05) is 35.0 Å². The van der Waals surface area contributed by atoms with Crippen LogP contribution in [0.4, 0.5) is 10.3 Å². The van der Waals surface area contributed by atoms with Crippen molar-refractivity contribution >= 4 is 45.4 Å². The van der Waals surface area contributed by atoms with E-state index >= 15 is 0 Å². The Bertz CT molecular complexity index is 635. The van der Waals surface area contributed by atoms with Gasteiger partial charge in [0.15, 0.2) is 0 Å². The van der Waals surface area contributed by atoms with E-state index in [1.165, 1.54) is 22.7 Å². The van der Waals surface area contributed by atoms with Gasteiger partial charge in [-0.2, -0.15) is 0 Å². The van der Waals surface area contributed by atoms with E-state index < -0.39 is 0 Å². The van der Waals surface area contributed by atoms with E-state index in [-0.39, 0.29) is 0 Å². The highest BCUT2D eigenvalue weighted by atomic mass is 32.1. The van der Waals surface area contributed by atoms with Crippen molar-refractivity contribution in [2.45, 2.75) is 0 Å². The van der Waals surface area contributed by atoms with Gasteiger partial charge in [-0.15, -0.1) is 22.7 Å². The average molecular weight is 298 g/mol. The molecule has 0 saturated carbocycles. The van der Waals surface area contributed by atoms with E-state index in [9.17, 15) is 0 Å². The van der Waals surface area contributed by atoms with Gasteiger partial charge in [-0.3, -0.25) is 0 Å². The summed E-state index contributed by atoms with van der Waals surface area (Å²) in [6, 6.07) is 8.00. The molecule has 0 aliphatic carbocycles. The van der Waals surface area contributed by atoms with Gasteiger partial charge in [0.05, 0.1) is 0 Å². The molecule has 0 radical (unpaired) electrons. The molecule has 1 aromatic carbocycles. The van der Waals surface area contributed by atoms with Gasteiger partial charge in [-0.1, -0.05) is 24.3 Å². The van der Waals surface area contributed by atoms with Gasteiger partial charge >= 0.3 is 0 Å². The fourth-order valence-electron chi connectivity index (χ4n) is 1.49. The number of aromatic nitrogens is 2. The van der Waals surface area contributed by atoms with Crippen molar-refractivity contribution < 1.29 is 0 Å². The van der Waals surface area contributed by atoms with Crippen LogP contribution in [-0.2, 0) is 0 Å². The quantitative estimate of drug-likeness (QED) is 0.681. The summed E-state index contributed by atoms with van der Waals surface area (Å²) in [5.41, 5.74) is 2.07. The highest BCUT2D eigenvalue weighted by molar-refractivity contribution is 7.13. The Kier molecular flexibility index (Phi) is 4.05. The van der Waals surface area contributed by atoms with Crippen LogP contribution in [0.15, 0.2) is 57.4 Å². The molecule has 2 aromatic heterocycles. The zero-order chi connectivity index (χ0) is 13.6. The largest absolute Gasteiger partial charge is 0.227 e. The number of hydrogen-bond acceptors (Lipinski definition) is 6. The first-order valence-corrected chi connectivity index (χ1v) is 7.63. The van der Waals surface area contributed by atoms with E-state index in [0.29, 0.717) is 0 Å². The van der Waals surface area contributed by atoms with Gasteiger partial charge < -0.3 is 0 Å². The van der Waals surface area contributed by atoms with Crippen LogP contribution in [0.3, 0.4) is 0 Å². The third-order valence-corrected chi connectivity index (χ3v) is 3.78. The molecule has 3 rings (SSSR count). The second kappa shape index (κ2) is 6.31. The Hall–Kier alpha value is -2.18. The molecular weight excluding hydrogens is 288 g/mol. The summed E-state index contributed by atoms with van der Waals surface area (Å²) in [5.74, 6) is 0. The van der Waals surface area contributed by atoms with Crippen LogP contribution in [0.2, 0.25) is 0 Å². The molecule has 0 aliphatic rings. The van der Waals surface area contributed by atoms with Gasteiger partial charge in [-0.25, -0.2) is 20.0 Å². The molecule has 0 atom stereocenters. The normalized spacial score (nSPS) is 11.6. The lowest BCUT2D eigenvalue weighted by atomic mass is 10.2. The Morgan fingerprint density at radius 1 is 0.750 bits per heavy atom. The maximum atomic E-state index is 4.29. The van der Waals surface area contributed by atoms with E-state index in [2.05, 4.69) is 20.0 Å². The Morgan fingerprint density at radius 3 is 1.55 bits per heavy atom. The lowest BCUT2D eigenvalue weighted by Gasteiger charge is -1.94. The molecular formula is C14H10N4S2. The first-order valence-electron chi connectivity index (χ1n) is 5.87. The second-order valence-corrected chi connectivity index (χ2v) is 5.56. The SMILES string of the molecule is C(=Nc1nccs1)c1ccc(C=Nc2nccs2)cc1. The van der Waals surface area contributed by atoms with Gasteiger partial charge in [0.2, 0.25) is 10.3 Å². The molecule has 0 spiro atoms. The zero-order valence-electron chi connectivity index (χ0n) is 10.4. The van der Waals surface area contributed by atoms with E-state index in [4.69, 9.17) is 0 Å². The number of benzene rings is 1. The monoisotopic (exact) mass is 298 g/mol. The molecule has 0 saturated heterocycles. The zero-order valence-corrected chi connectivity index (χ0v) is 12.0. The minimum atomic E-state index is 0.763. The van der Waals surface area contributed by atoms with Crippen LogP contribution in [0.25, 0.3) is 0 Å². The highest BCUT2D eigenvalue weighted by Gasteiger charge is 1.93. The third kappa shape index (κ3) is 3.43. The molecule has 0 unspecified atom stereocenters. The number of rotatable bonds is 4. The van der Waals surface area contributed by atoms with E-state index in [1.54, 1.807) is 24.8 Å². The van der Waals surface area contributed by atoms with Crippen LogP contribution < -0.4 is 0 Å². The van der Waals surface area contributed by atoms with Crippen LogP contribution >= 0.6 is 22.7 Å². The topological polar surface area (TPSA) is 50.5 Å². The van der Waals surface area contributed by atoms with Crippen molar-refractivity contribution in [2.75, 3.05) is 0 Å². The first kappa shape index (κ1) is 12.8. The van der Waals surface area contributed by atoms with Crippen LogP contribution in [-0.4, -0.2) is 22.4 Å². The van der Waals surface area contributed by atoms with Crippen LogP contribution in [0, 0.1) is 0 Å². The molecule has 0 bridgehead atoms. The minimum Gasteiger partial charge on any atom is -0.227 e. The van der Waals surface area contributed by atoms with Crippen LogP contribution in [0.5, 0.6) is 0 Å². The molecule has 2 heterocycles. The Balaban J connectivity index is 1.68. The summed E-state index contributed by atoms with van der Waals surface area (Å²) in [6.07, 6.45) is 7.10. The van der Waals surface area contributed by atoms with Crippen molar-refractivity contribution in [3.63, 3.8) is 0 Å². The van der Waals surface area contributed by atoms with Crippen molar-refractivity contribution in [1.29, 1.82) is 0 Å². The van der Waals surface area contributed by atoms with Crippen molar-refractivity contribution in [3.05, 3.63) is 58.5 Å². The van der Waals surface area contributed by atoms with Gasteiger partial charge in [0.1, 0.15) is 0 Å². The average Bonchev–Trinajstić information content (AvgIpc) is 3.17. The lowest BCUT2D eigenvalue weighted by molar-refractivity contribution is 1.36. The number of thiazole rings is 2. The summed E-state index contributed by atoms with van der Waals surface area (Å²) in [4.78, 5) is 16.8. The lowest BCUT2D eigenvalue weighted by Crippen LogP contribution is -1.84. The second-order valence-electron chi connectivity index (χ2n) is 3.81. The van der Waals surface area contributed by atoms with Gasteiger partial charge in [0, 0.05) is 35.6 Å². The highest BCUT2D eigenvalue weighted by Crippen LogP contribution is 2.15. The molecule has 3 aromatic rings. The number of hydrogen-bond donors (Lipinski definition) is 0. The fourth-order valence-corrected chi connectivity index (χ4v) is 2.44. The predicted molar refractivity (Wildman–Crippen MR) is 85.2 cm³/mol. The van der Waals surface area contributed by atoms with E-state index in [0.717, 1.165) is 21.4 Å². The molecule has 0 aliphatic heterocycles. The fraction of sp³-hybridized carbons (Fsp3) is 0. The summed E-state index contributed by atoms with van der Waals surface area (Å²) in [7, 11) is 0. The maximum absolute atomic E-state index is 4.29. The standard InChI is InChI=1S/C14H10N4S2/c1-2-12(10-18-14-16-6-8-20-14)4-3-11(1)9-17-13-15-5-7-19-13/h1-10H. The van der Waals surface area contributed by atoms with Gasteiger partial charge in [-0.05, 0) is 11.1 Å². The minimum absolute atomic E-state index is 0.763. The van der Waals surface area contributed by atoms with Crippen molar-refractivity contribution in [2.24, 2.45) is 9.98 Å². The van der Waals surface area contributed by atoms with Crippen molar-refractivity contribution in [1.82, 2.24) is 9.97 Å². The smallest absolute Gasteiger partial charge is 0.208 e. The van der Waals surface area contributed by atoms with Crippen molar-refractivity contribution in [3.8, 4) is 0 Å². The summed E-state index contributed by atoms with van der Waals surface area (Å²) >= 11 is 3.03. The molecule has 0 amide bonds. The summed E-state index contributed by atoms with van der Waals surface area (Å²) in [6.45, 7) is 0. The third-order valence-electron chi connectivity index (χ3n) is 2.42. The maximum Gasteiger partial charge on any atom is 0.208 e. The predicted octanol–water partition coefficient (Wildman–Crippen LogP) is 4.10.